The number of benzene rings is 2. The number of nitrogens with zero attached hydrogens (tertiary/aromatic N) is 2. The van der Waals surface area contributed by atoms with Crippen molar-refractivity contribution in [3.8, 4) is 0 Å². The van der Waals surface area contributed by atoms with Crippen molar-refractivity contribution < 1.29 is 14.4 Å². The van der Waals surface area contributed by atoms with Crippen LogP contribution in [0.3, 0.4) is 0 Å². The largest absolute Gasteiger partial charge is 0.351 e. The van der Waals surface area contributed by atoms with Gasteiger partial charge >= 0.3 is 0 Å². The summed E-state index contributed by atoms with van der Waals surface area (Å²) in [4.78, 5) is 45.9. The summed E-state index contributed by atoms with van der Waals surface area (Å²) in [6, 6.07) is 19.3. The molecule has 3 aromatic rings. The van der Waals surface area contributed by atoms with Gasteiger partial charge in [0.25, 0.3) is 0 Å². The van der Waals surface area contributed by atoms with Crippen molar-refractivity contribution in [3.63, 3.8) is 0 Å². The van der Waals surface area contributed by atoms with Gasteiger partial charge in [0.2, 0.25) is 17.7 Å². The molecule has 8 heteroatoms. The normalized spacial score (nSPS) is 14.1. The summed E-state index contributed by atoms with van der Waals surface area (Å²) in [5.41, 5.74) is 2.45. The second-order valence-electron chi connectivity index (χ2n) is 10.6. The topological polar surface area (TPSA) is 91.4 Å². The van der Waals surface area contributed by atoms with E-state index in [9.17, 15) is 14.4 Å². The van der Waals surface area contributed by atoms with Crippen LogP contribution in [-0.4, -0.2) is 28.7 Å². The lowest BCUT2D eigenvalue weighted by molar-refractivity contribution is -0.127. The summed E-state index contributed by atoms with van der Waals surface area (Å²) in [7, 11) is 0. The highest BCUT2D eigenvalue weighted by Gasteiger charge is 2.34. The van der Waals surface area contributed by atoms with Gasteiger partial charge in [-0.05, 0) is 72.7 Å². The fourth-order valence-electron chi connectivity index (χ4n) is 5.03. The highest BCUT2D eigenvalue weighted by atomic mass is 35.5. The van der Waals surface area contributed by atoms with Gasteiger partial charge in [-0.1, -0.05) is 68.6 Å². The van der Waals surface area contributed by atoms with Crippen molar-refractivity contribution in [2.45, 2.75) is 76.8 Å². The predicted octanol–water partition coefficient (Wildman–Crippen LogP) is 6.80. The van der Waals surface area contributed by atoms with Gasteiger partial charge in [0, 0.05) is 35.8 Å². The average Bonchev–Trinajstić information content (AvgIpc) is 3.46. The molecule has 1 aliphatic carbocycles. The van der Waals surface area contributed by atoms with E-state index in [0.29, 0.717) is 34.4 Å². The number of rotatable bonds is 11. The first-order valence-electron chi connectivity index (χ1n) is 14.0. The van der Waals surface area contributed by atoms with Crippen LogP contribution in [-0.2, 0) is 14.4 Å². The molecule has 1 aliphatic rings. The fourth-order valence-corrected chi connectivity index (χ4v) is 5.16. The number of halogens is 1. The zero-order chi connectivity index (χ0) is 28.5. The first kappa shape index (κ1) is 29.3. The van der Waals surface area contributed by atoms with Gasteiger partial charge in [0.15, 0.2) is 0 Å². The van der Waals surface area contributed by atoms with Gasteiger partial charge in [0.05, 0.1) is 0 Å². The Labute approximate surface area is 241 Å². The monoisotopic (exact) mass is 560 g/mol. The van der Waals surface area contributed by atoms with Crippen LogP contribution in [0.5, 0.6) is 0 Å². The molecule has 1 fully saturated rings. The van der Waals surface area contributed by atoms with Crippen LogP contribution < -0.4 is 15.5 Å². The van der Waals surface area contributed by atoms with Crippen LogP contribution in [0.25, 0.3) is 0 Å². The molecule has 0 bridgehead atoms. The Balaban J connectivity index is 1.59. The molecule has 1 aromatic heterocycles. The third-order valence-corrected chi connectivity index (χ3v) is 7.48. The summed E-state index contributed by atoms with van der Waals surface area (Å²) >= 11 is 6.17. The molecule has 2 aromatic carbocycles. The van der Waals surface area contributed by atoms with Crippen molar-refractivity contribution in [2.24, 2.45) is 0 Å². The minimum absolute atomic E-state index is 0.0952. The highest BCUT2D eigenvalue weighted by Crippen LogP contribution is 2.32. The zero-order valence-corrected chi connectivity index (χ0v) is 23.9. The fraction of sp³-hybridized carbons (Fsp3) is 0.375. The molecule has 0 aliphatic heterocycles. The molecule has 1 unspecified atom stereocenters. The molecule has 0 radical (unpaired) electrons. The van der Waals surface area contributed by atoms with E-state index >= 15 is 0 Å². The van der Waals surface area contributed by atoms with Crippen molar-refractivity contribution in [1.82, 2.24) is 10.3 Å². The summed E-state index contributed by atoms with van der Waals surface area (Å²) in [5.74, 6) is 0.131. The Morgan fingerprint density at radius 3 is 2.23 bits per heavy atom. The smallest absolute Gasteiger partial charge is 0.248 e. The maximum absolute atomic E-state index is 13.9. The first-order valence-corrected chi connectivity index (χ1v) is 14.4. The lowest BCUT2D eigenvalue weighted by atomic mass is 9.99. The quantitative estimate of drug-likeness (QED) is 0.270. The molecule has 1 heterocycles. The molecular formula is C32H37ClN4O3. The van der Waals surface area contributed by atoms with Gasteiger partial charge in [0.1, 0.15) is 11.9 Å². The number of aromatic nitrogens is 1. The minimum Gasteiger partial charge on any atom is -0.351 e. The van der Waals surface area contributed by atoms with Crippen LogP contribution in [0, 0.1) is 0 Å². The number of carbonyl (C=O) groups excluding carboxylic acids is 3. The van der Waals surface area contributed by atoms with E-state index in [2.05, 4.69) is 29.5 Å². The van der Waals surface area contributed by atoms with E-state index in [1.165, 1.54) is 0 Å². The third-order valence-electron chi connectivity index (χ3n) is 7.23. The number of hydrogen-bond acceptors (Lipinski definition) is 4. The second kappa shape index (κ2) is 14.1. The lowest BCUT2D eigenvalue weighted by Crippen LogP contribution is -2.46. The third kappa shape index (κ3) is 7.92. The number of hydrogen-bond donors (Lipinski definition) is 2. The van der Waals surface area contributed by atoms with E-state index in [1.54, 1.807) is 53.6 Å². The van der Waals surface area contributed by atoms with E-state index in [-0.39, 0.29) is 36.6 Å². The van der Waals surface area contributed by atoms with Gasteiger partial charge in [-0.25, -0.2) is 4.98 Å². The van der Waals surface area contributed by atoms with E-state index in [1.807, 2.05) is 24.3 Å². The van der Waals surface area contributed by atoms with Gasteiger partial charge in [-0.2, -0.15) is 0 Å². The molecule has 1 saturated carbocycles. The molecule has 0 saturated heterocycles. The molecule has 4 rings (SSSR count). The van der Waals surface area contributed by atoms with Crippen LogP contribution in [0.15, 0.2) is 72.9 Å². The van der Waals surface area contributed by atoms with Crippen molar-refractivity contribution in [2.75, 3.05) is 10.2 Å². The van der Waals surface area contributed by atoms with Gasteiger partial charge in [-0.3, -0.25) is 19.3 Å². The number of anilines is 2. The Morgan fingerprint density at radius 1 is 0.925 bits per heavy atom. The number of nitrogens with one attached hydrogen (secondary N) is 2. The Kier molecular flexibility index (Phi) is 10.3. The minimum atomic E-state index is -0.877. The maximum atomic E-state index is 13.9. The van der Waals surface area contributed by atoms with Gasteiger partial charge < -0.3 is 10.6 Å². The molecular weight excluding hydrogens is 524 g/mol. The van der Waals surface area contributed by atoms with E-state index in [4.69, 9.17) is 11.6 Å². The molecule has 1 atom stereocenters. The molecule has 210 valence electrons. The molecule has 0 spiro atoms. The Morgan fingerprint density at radius 2 is 1.60 bits per heavy atom. The summed E-state index contributed by atoms with van der Waals surface area (Å²) in [6.07, 6.45) is 6.21. The number of carbonyl (C=O) groups is 3. The molecule has 2 N–H and O–H groups in total. The van der Waals surface area contributed by atoms with Crippen LogP contribution in [0.2, 0.25) is 5.02 Å². The Hall–Kier alpha value is -3.71. The van der Waals surface area contributed by atoms with Crippen LogP contribution >= 0.6 is 11.6 Å². The first-order chi connectivity index (χ1) is 19.3. The maximum Gasteiger partial charge on any atom is 0.248 e. The van der Waals surface area contributed by atoms with Crippen molar-refractivity contribution >= 4 is 40.8 Å². The summed E-state index contributed by atoms with van der Waals surface area (Å²) in [5, 5.41) is 6.50. The van der Waals surface area contributed by atoms with Crippen molar-refractivity contribution in [1.29, 1.82) is 0 Å². The van der Waals surface area contributed by atoms with E-state index in [0.717, 1.165) is 31.2 Å². The van der Waals surface area contributed by atoms with E-state index < -0.39 is 6.04 Å². The number of amides is 3. The van der Waals surface area contributed by atoms with Crippen LogP contribution in [0.1, 0.15) is 81.9 Å². The molecule has 7 nitrogen and oxygen atoms in total. The predicted molar refractivity (Wildman–Crippen MR) is 159 cm³/mol. The lowest BCUT2D eigenvalue weighted by Gasteiger charge is -2.32. The summed E-state index contributed by atoms with van der Waals surface area (Å²) < 4.78 is 0. The standard InChI is InChI=1S/C32H37ClN4O3/c1-22(2)23-15-19-27(20-16-23)37(30(39)12-7-11-29(38)36-28-10-5-6-21-34-28)31(24-13-17-25(33)18-14-24)32(40)35-26-8-3-4-9-26/h5-6,10,13-22,26,31H,3-4,7-9,11-12H2,1-2H3,(H,35,40)(H,34,36,38). The van der Waals surface area contributed by atoms with Gasteiger partial charge in [-0.15, -0.1) is 0 Å². The SMILES string of the molecule is CC(C)c1ccc(N(C(=O)CCCC(=O)Nc2ccccn2)C(C(=O)NC2CCCC2)c2ccc(Cl)cc2)cc1. The van der Waals surface area contributed by atoms with Crippen molar-refractivity contribution in [3.05, 3.63) is 89.1 Å². The van der Waals surface area contributed by atoms with Crippen LogP contribution in [0.4, 0.5) is 11.5 Å². The highest BCUT2D eigenvalue weighted by molar-refractivity contribution is 6.30. The number of pyridine rings is 1. The summed E-state index contributed by atoms with van der Waals surface area (Å²) in [6.45, 7) is 4.22. The molecule has 40 heavy (non-hydrogen) atoms. The average molecular weight is 561 g/mol. The Bertz CT molecular complexity index is 1270. The zero-order valence-electron chi connectivity index (χ0n) is 23.1. The second-order valence-corrected chi connectivity index (χ2v) is 11.0. The molecule has 3 amide bonds.